The molecule has 2 amide bonds. The number of rotatable bonds is 4. The molecule has 0 radical (unpaired) electrons. The monoisotopic (exact) mass is 354 g/mol. The Kier molecular flexibility index (Phi) is 5.11. The van der Waals surface area contributed by atoms with Crippen LogP contribution in [0.1, 0.15) is 37.7 Å². The van der Waals surface area contributed by atoms with Crippen molar-refractivity contribution in [1.29, 1.82) is 0 Å². The van der Waals surface area contributed by atoms with Crippen LogP contribution in [0, 0.1) is 5.92 Å². The van der Waals surface area contributed by atoms with Crippen molar-refractivity contribution < 1.29 is 9.59 Å². The quantitative estimate of drug-likeness (QED) is 0.918. The fourth-order valence-corrected chi connectivity index (χ4v) is 3.60. The first-order valence-electron chi connectivity index (χ1n) is 9.20. The number of amides is 2. The molecule has 6 heteroatoms. The molecule has 0 fully saturated rings. The van der Waals surface area contributed by atoms with Gasteiger partial charge in [0.15, 0.2) is 0 Å². The molecule has 0 spiro atoms. The highest BCUT2D eigenvalue weighted by Gasteiger charge is 2.29. The molecule has 3 rings (SSSR count). The van der Waals surface area contributed by atoms with Gasteiger partial charge in [0.1, 0.15) is 0 Å². The third-order valence-corrected chi connectivity index (χ3v) is 5.01. The van der Waals surface area contributed by atoms with Crippen LogP contribution in [0.15, 0.2) is 24.3 Å². The van der Waals surface area contributed by atoms with E-state index in [2.05, 4.69) is 24.3 Å². The van der Waals surface area contributed by atoms with Crippen LogP contribution in [-0.2, 0) is 35.9 Å². The Morgan fingerprint density at radius 1 is 1.27 bits per heavy atom. The Bertz CT molecular complexity index is 840. The molecule has 1 unspecified atom stereocenters. The minimum Gasteiger partial charge on any atom is -0.324 e. The summed E-state index contributed by atoms with van der Waals surface area (Å²) >= 11 is 0. The van der Waals surface area contributed by atoms with Gasteiger partial charge in [0.2, 0.25) is 11.8 Å². The van der Waals surface area contributed by atoms with E-state index in [1.54, 1.807) is 4.90 Å². The van der Waals surface area contributed by atoms with E-state index in [4.69, 9.17) is 0 Å². The molecule has 0 bridgehead atoms. The van der Waals surface area contributed by atoms with Gasteiger partial charge in [-0.3, -0.25) is 14.3 Å². The summed E-state index contributed by atoms with van der Waals surface area (Å²) in [6.45, 7) is 6.36. The van der Waals surface area contributed by atoms with Crippen molar-refractivity contribution in [2.24, 2.45) is 13.0 Å². The Morgan fingerprint density at radius 3 is 2.69 bits per heavy atom. The molecule has 0 saturated carbocycles. The van der Waals surface area contributed by atoms with E-state index < -0.39 is 0 Å². The first-order chi connectivity index (χ1) is 12.5. The maximum absolute atomic E-state index is 13.2. The van der Waals surface area contributed by atoms with Gasteiger partial charge in [-0.25, -0.2) is 0 Å². The molecule has 2 heterocycles. The zero-order valence-electron chi connectivity index (χ0n) is 15.9. The van der Waals surface area contributed by atoms with Crippen LogP contribution in [0.2, 0.25) is 0 Å². The molecular weight excluding hydrogens is 328 g/mol. The van der Waals surface area contributed by atoms with Gasteiger partial charge in [0, 0.05) is 24.8 Å². The molecule has 6 nitrogen and oxygen atoms in total. The van der Waals surface area contributed by atoms with Crippen LogP contribution >= 0.6 is 0 Å². The molecular formula is C20H26N4O2. The van der Waals surface area contributed by atoms with Crippen LogP contribution in [-0.4, -0.2) is 28.1 Å². The highest BCUT2D eigenvalue weighted by molar-refractivity contribution is 6.05. The standard InChI is InChI=1S/C20H26N4O2/c1-5-15-14(17(6-2)23(4)22-15)11-19(25)24-12-13(3)20(26)21-16-9-7-8-10-18(16)24/h7-10,13H,5-6,11-12H2,1-4H3,(H,21,26). The number of hydrogen-bond donors (Lipinski definition) is 1. The Balaban J connectivity index is 1.96. The maximum atomic E-state index is 13.2. The zero-order valence-corrected chi connectivity index (χ0v) is 15.9. The van der Waals surface area contributed by atoms with Gasteiger partial charge < -0.3 is 10.2 Å². The SMILES string of the molecule is CCc1nn(C)c(CC)c1CC(=O)N1CC(C)C(=O)Nc2ccccc21. The van der Waals surface area contributed by atoms with Gasteiger partial charge in [0.25, 0.3) is 0 Å². The Morgan fingerprint density at radius 2 is 2.00 bits per heavy atom. The minimum absolute atomic E-state index is 0.00167. The summed E-state index contributed by atoms with van der Waals surface area (Å²) in [5.74, 6) is -0.327. The Hall–Kier alpha value is -2.63. The first-order valence-corrected chi connectivity index (χ1v) is 9.20. The third kappa shape index (κ3) is 3.23. The lowest BCUT2D eigenvalue weighted by Gasteiger charge is -2.24. The summed E-state index contributed by atoms with van der Waals surface area (Å²) in [5.41, 5.74) is 4.54. The molecule has 1 aliphatic rings. The van der Waals surface area contributed by atoms with E-state index in [0.29, 0.717) is 18.7 Å². The summed E-state index contributed by atoms with van der Waals surface area (Å²) in [6.07, 6.45) is 1.93. The van der Waals surface area contributed by atoms with Crippen LogP contribution < -0.4 is 10.2 Å². The number of carbonyl (C=O) groups excluding carboxylic acids is 2. The topological polar surface area (TPSA) is 67.2 Å². The van der Waals surface area contributed by atoms with Gasteiger partial charge in [-0.15, -0.1) is 0 Å². The predicted molar refractivity (Wildman–Crippen MR) is 102 cm³/mol. The van der Waals surface area contributed by atoms with E-state index >= 15 is 0 Å². The highest BCUT2D eigenvalue weighted by atomic mass is 16.2. The lowest BCUT2D eigenvalue weighted by molar-refractivity contribution is -0.119. The first kappa shape index (κ1) is 18.2. The minimum atomic E-state index is -0.267. The lowest BCUT2D eigenvalue weighted by atomic mass is 10.0. The fraction of sp³-hybridized carbons (Fsp3) is 0.450. The molecule has 1 N–H and O–H groups in total. The van der Waals surface area contributed by atoms with Crippen molar-refractivity contribution in [3.63, 3.8) is 0 Å². The number of fused-ring (bicyclic) bond motifs is 1. The smallest absolute Gasteiger partial charge is 0.231 e. The average molecular weight is 354 g/mol. The number of aryl methyl sites for hydroxylation is 2. The normalized spacial score (nSPS) is 16.8. The van der Waals surface area contributed by atoms with Gasteiger partial charge in [-0.2, -0.15) is 5.10 Å². The number of nitrogens with zero attached hydrogens (tertiary/aromatic N) is 3. The zero-order chi connectivity index (χ0) is 18.8. The second kappa shape index (κ2) is 7.32. The van der Waals surface area contributed by atoms with Crippen molar-refractivity contribution in [2.75, 3.05) is 16.8 Å². The van der Waals surface area contributed by atoms with Crippen molar-refractivity contribution in [2.45, 2.75) is 40.0 Å². The van der Waals surface area contributed by atoms with E-state index in [1.165, 1.54) is 0 Å². The van der Waals surface area contributed by atoms with Crippen molar-refractivity contribution in [1.82, 2.24) is 9.78 Å². The molecule has 2 aromatic rings. The number of nitrogens with one attached hydrogen (secondary N) is 1. The molecule has 138 valence electrons. The molecule has 1 aromatic carbocycles. The average Bonchev–Trinajstić information content (AvgIpc) is 2.86. The predicted octanol–water partition coefficient (Wildman–Crippen LogP) is 2.71. The molecule has 0 aliphatic carbocycles. The van der Waals surface area contributed by atoms with E-state index in [0.717, 1.165) is 35.5 Å². The molecule has 0 saturated heterocycles. The second-order valence-electron chi connectivity index (χ2n) is 6.79. The van der Waals surface area contributed by atoms with Gasteiger partial charge >= 0.3 is 0 Å². The fourth-order valence-electron chi connectivity index (χ4n) is 3.60. The second-order valence-corrected chi connectivity index (χ2v) is 6.79. The number of para-hydroxylation sites is 2. The maximum Gasteiger partial charge on any atom is 0.231 e. The van der Waals surface area contributed by atoms with Crippen LogP contribution in [0.5, 0.6) is 0 Å². The summed E-state index contributed by atoms with van der Waals surface area (Å²) in [4.78, 5) is 27.2. The summed E-state index contributed by atoms with van der Waals surface area (Å²) in [6, 6.07) is 7.48. The van der Waals surface area contributed by atoms with Crippen molar-refractivity contribution >= 4 is 23.2 Å². The van der Waals surface area contributed by atoms with Crippen molar-refractivity contribution in [3.05, 3.63) is 41.2 Å². The third-order valence-electron chi connectivity index (χ3n) is 5.01. The molecule has 26 heavy (non-hydrogen) atoms. The summed E-state index contributed by atoms with van der Waals surface area (Å²) in [5, 5.41) is 7.49. The number of hydrogen-bond acceptors (Lipinski definition) is 3. The number of carbonyl (C=O) groups is 2. The van der Waals surface area contributed by atoms with Crippen LogP contribution in [0.3, 0.4) is 0 Å². The number of anilines is 2. The largest absolute Gasteiger partial charge is 0.324 e. The number of benzene rings is 1. The van der Waals surface area contributed by atoms with Gasteiger partial charge in [0.05, 0.1) is 29.4 Å². The Labute approximate surface area is 154 Å². The van der Waals surface area contributed by atoms with Gasteiger partial charge in [-0.1, -0.05) is 32.9 Å². The van der Waals surface area contributed by atoms with Crippen LogP contribution in [0.4, 0.5) is 11.4 Å². The molecule has 1 aromatic heterocycles. The van der Waals surface area contributed by atoms with Crippen molar-refractivity contribution in [3.8, 4) is 0 Å². The van der Waals surface area contributed by atoms with E-state index in [1.807, 2.05) is 42.9 Å². The number of aromatic nitrogens is 2. The molecule has 1 atom stereocenters. The van der Waals surface area contributed by atoms with Crippen LogP contribution in [0.25, 0.3) is 0 Å². The van der Waals surface area contributed by atoms with Gasteiger partial charge in [-0.05, 0) is 25.0 Å². The van der Waals surface area contributed by atoms with E-state index in [9.17, 15) is 9.59 Å². The molecule has 1 aliphatic heterocycles. The summed E-state index contributed by atoms with van der Waals surface area (Å²) < 4.78 is 1.88. The van der Waals surface area contributed by atoms with E-state index in [-0.39, 0.29) is 17.7 Å². The summed E-state index contributed by atoms with van der Waals surface area (Å²) in [7, 11) is 1.93. The lowest BCUT2D eigenvalue weighted by Crippen LogP contribution is -2.37. The highest BCUT2D eigenvalue weighted by Crippen LogP contribution is 2.31.